The number of aromatic amines is 1. The van der Waals surface area contributed by atoms with Crippen LogP contribution in [0, 0.1) is 5.92 Å². The van der Waals surface area contributed by atoms with Crippen molar-refractivity contribution in [3.05, 3.63) is 18.2 Å². The van der Waals surface area contributed by atoms with Gasteiger partial charge >= 0.3 is 17.9 Å². The van der Waals surface area contributed by atoms with Crippen LogP contribution in [0.5, 0.6) is 0 Å². The third kappa shape index (κ3) is 14.4. The Balaban J connectivity index is 2.16. The van der Waals surface area contributed by atoms with Crippen molar-refractivity contribution < 1.29 is 63.6 Å². The molecule has 0 bridgehead atoms. The molecule has 0 aliphatic carbocycles. The molecule has 0 saturated carbocycles. The Morgan fingerprint density at radius 2 is 1.56 bits per heavy atom. The summed E-state index contributed by atoms with van der Waals surface area (Å²) in [4.78, 5) is 120. The molecule has 2 heterocycles. The average molecular weight is 768 g/mol. The van der Waals surface area contributed by atoms with Crippen molar-refractivity contribution in [1.82, 2.24) is 41.5 Å². The molecule has 0 unspecified atom stereocenters. The van der Waals surface area contributed by atoms with Crippen LogP contribution in [0.2, 0.25) is 0 Å². The lowest BCUT2D eigenvalue weighted by Crippen LogP contribution is -2.60. The van der Waals surface area contributed by atoms with E-state index in [-0.39, 0.29) is 31.7 Å². The van der Waals surface area contributed by atoms with Crippen molar-refractivity contribution in [1.29, 1.82) is 0 Å². The molecule has 1 aliphatic heterocycles. The van der Waals surface area contributed by atoms with E-state index in [4.69, 9.17) is 15.9 Å². The Morgan fingerprint density at radius 3 is 2.11 bits per heavy atom. The van der Waals surface area contributed by atoms with Crippen LogP contribution < -0.4 is 32.3 Å². The van der Waals surface area contributed by atoms with Gasteiger partial charge in [0.15, 0.2) is 0 Å². The molecule has 12 N–H and O–H groups in total. The summed E-state index contributed by atoms with van der Waals surface area (Å²) in [7, 11) is 0. The monoisotopic (exact) mass is 767 g/mol. The number of nitrogens with two attached hydrogens (primary N) is 1. The summed E-state index contributed by atoms with van der Waals surface area (Å²) in [5.41, 5.74) is 6.10. The number of nitrogens with one attached hydrogen (secondary N) is 6. The number of rotatable bonds is 22. The van der Waals surface area contributed by atoms with E-state index in [0.717, 1.165) is 11.8 Å². The number of imidazole rings is 1. The zero-order chi connectivity index (χ0) is 40.7. The topological polar surface area (TPSA) is 353 Å². The Kier molecular flexibility index (Phi) is 17.4. The molecule has 22 nitrogen and oxygen atoms in total. The van der Waals surface area contributed by atoms with E-state index in [1.54, 1.807) is 13.8 Å². The van der Waals surface area contributed by atoms with Crippen LogP contribution in [0.15, 0.2) is 12.5 Å². The zero-order valence-electron chi connectivity index (χ0n) is 30.1. The minimum Gasteiger partial charge on any atom is -0.481 e. The SMILES string of the molecule is CC(C)C[C@H](NC(=O)[C@H](Cc1cnc[nH]1)NC(=O)CNC(=O)[C@@H]1CCCN1C(=O)[C@@H](N)CC(=O)O)C(=O)N[C@H](C(=O)N[C@@H](CCC(=O)O)C(=O)O)[C@@H](C)O. The van der Waals surface area contributed by atoms with Gasteiger partial charge in [0.25, 0.3) is 0 Å². The maximum Gasteiger partial charge on any atom is 0.326 e. The highest BCUT2D eigenvalue weighted by Crippen LogP contribution is 2.19. The van der Waals surface area contributed by atoms with Crippen LogP contribution >= 0.6 is 0 Å². The lowest BCUT2D eigenvalue weighted by Gasteiger charge is -2.28. The van der Waals surface area contributed by atoms with E-state index in [9.17, 15) is 53.4 Å². The molecule has 1 aromatic heterocycles. The highest BCUT2D eigenvalue weighted by Gasteiger charge is 2.37. The van der Waals surface area contributed by atoms with E-state index in [0.29, 0.717) is 12.1 Å². The molecule has 7 atom stereocenters. The second-order valence-corrected chi connectivity index (χ2v) is 13.3. The molecule has 2 rings (SSSR count). The first-order valence-electron chi connectivity index (χ1n) is 17.2. The van der Waals surface area contributed by atoms with Gasteiger partial charge in [-0.05, 0) is 38.5 Å². The first-order valence-corrected chi connectivity index (χ1v) is 17.2. The first-order chi connectivity index (χ1) is 25.3. The van der Waals surface area contributed by atoms with E-state index < -0.39 is 122 Å². The molecule has 0 spiro atoms. The lowest BCUT2D eigenvalue weighted by molar-refractivity contribution is -0.144. The fourth-order valence-electron chi connectivity index (χ4n) is 5.57. The number of amides is 6. The van der Waals surface area contributed by atoms with E-state index in [1.165, 1.54) is 12.5 Å². The number of carboxylic acids is 3. The summed E-state index contributed by atoms with van der Waals surface area (Å²) in [6.45, 7) is 4.15. The minimum absolute atomic E-state index is 0.00952. The van der Waals surface area contributed by atoms with Gasteiger partial charge in [-0.15, -0.1) is 0 Å². The summed E-state index contributed by atoms with van der Waals surface area (Å²) in [6.07, 6.45) is 0.00253. The van der Waals surface area contributed by atoms with Gasteiger partial charge in [0.2, 0.25) is 35.4 Å². The van der Waals surface area contributed by atoms with Crippen LogP contribution in [0.4, 0.5) is 0 Å². The third-order valence-electron chi connectivity index (χ3n) is 8.27. The second-order valence-electron chi connectivity index (χ2n) is 13.3. The van der Waals surface area contributed by atoms with Crippen LogP contribution in [0.1, 0.15) is 65.0 Å². The highest BCUT2D eigenvalue weighted by molar-refractivity contribution is 5.96. The van der Waals surface area contributed by atoms with Crippen molar-refractivity contribution in [2.45, 2.75) is 108 Å². The quantitative estimate of drug-likeness (QED) is 0.0539. The fraction of sp³-hybridized carbons (Fsp3) is 0.625. The molecule has 0 aromatic carbocycles. The van der Waals surface area contributed by atoms with Gasteiger partial charge in [0, 0.05) is 31.3 Å². The molecule has 1 aliphatic rings. The summed E-state index contributed by atoms with van der Waals surface area (Å²) in [5.74, 6) is -9.51. The molecule has 54 heavy (non-hydrogen) atoms. The minimum atomic E-state index is -1.71. The van der Waals surface area contributed by atoms with Gasteiger partial charge in [-0.1, -0.05) is 13.8 Å². The lowest BCUT2D eigenvalue weighted by atomic mass is 10.0. The number of carboxylic acid groups (broad SMARTS) is 3. The van der Waals surface area contributed by atoms with Crippen molar-refractivity contribution in [2.24, 2.45) is 11.7 Å². The molecular weight excluding hydrogens is 718 g/mol. The molecule has 22 heteroatoms. The van der Waals surface area contributed by atoms with Crippen LogP contribution in [0.3, 0.4) is 0 Å². The molecule has 6 amide bonds. The first kappa shape index (κ1) is 44.5. The standard InChI is InChI=1S/C32H49N9O13/c1-15(2)9-20(28(49)40-26(16(3)42)30(51)38-19(32(53)54)6-7-24(44)45)39-27(48)21(10-17-12-34-14-36-17)37-23(43)13-35-29(50)22-5-4-8-41(22)31(52)18(33)11-25(46)47/h12,14-16,18-22,26,42H,4-11,13,33H2,1-3H3,(H,34,36)(H,35,50)(H,37,43)(H,38,51)(H,39,48)(H,40,49)(H,44,45)(H,46,47)(H,53,54)/t16-,18+,19+,20+,21+,22+,26+/m1/s1. The normalized spacial score (nSPS) is 17.2. The van der Waals surface area contributed by atoms with Gasteiger partial charge in [-0.2, -0.15) is 0 Å². The molecule has 1 fully saturated rings. The number of likely N-dealkylation sites (tertiary alicyclic amines) is 1. The Morgan fingerprint density at radius 1 is 0.907 bits per heavy atom. The van der Waals surface area contributed by atoms with Crippen molar-refractivity contribution in [2.75, 3.05) is 13.1 Å². The van der Waals surface area contributed by atoms with Gasteiger partial charge in [0.05, 0.1) is 31.4 Å². The van der Waals surface area contributed by atoms with Gasteiger partial charge in [0.1, 0.15) is 30.2 Å². The number of carbonyl (C=O) groups is 9. The van der Waals surface area contributed by atoms with E-state index in [1.807, 2.05) is 0 Å². The van der Waals surface area contributed by atoms with E-state index >= 15 is 0 Å². The third-order valence-corrected chi connectivity index (χ3v) is 8.27. The van der Waals surface area contributed by atoms with Crippen molar-refractivity contribution in [3.63, 3.8) is 0 Å². The van der Waals surface area contributed by atoms with Crippen LogP contribution in [-0.4, -0.2) is 144 Å². The summed E-state index contributed by atoms with van der Waals surface area (Å²) >= 11 is 0. The number of aromatic nitrogens is 2. The van der Waals surface area contributed by atoms with Crippen molar-refractivity contribution in [3.8, 4) is 0 Å². The molecule has 1 saturated heterocycles. The van der Waals surface area contributed by atoms with Crippen LogP contribution in [-0.2, 0) is 49.6 Å². The highest BCUT2D eigenvalue weighted by atomic mass is 16.4. The Hall–Kier alpha value is -5.64. The smallest absolute Gasteiger partial charge is 0.326 e. The number of carbonyl (C=O) groups excluding carboxylic acids is 6. The predicted octanol–water partition coefficient (Wildman–Crippen LogP) is -3.82. The molecule has 300 valence electrons. The van der Waals surface area contributed by atoms with Crippen LogP contribution in [0.25, 0.3) is 0 Å². The van der Waals surface area contributed by atoms with Gasteiger partial charge in [-0.3, -0.25) is 38.4 Å². The number of nitrogens with zero attached hydrogens (tertiary/aromatic N) is 2. The number of hydrogen-bond donors (Lipinski definition) is 11. The van der Waals surface area contributed by atoms with Gasteiger partial charge in [-0.25, -0.2) is 9.78 Å². The fourth-order valence-corrected chi connectivity index (χ4v) is 5.57. The number of H-pyrrole nitrogens is 1. The summed E-state index contributed by atoms with van der Waals surface area (Å²) in [5, 5.41) is 49.4. The maximum absolute atomic E-state index is 13.6. The Bertz CT molecular complexity index is 1520. The van der Waals surface area contributed by atoms with Crippen molar-refractivity contribution >= 4 is 53.4 Å². The molecule has 0 radical (unpaired) electrons. The van der Waals surface area contributed by atoms with E-state index in [2.05, 4.69) is 36.6 Å². The molecule has 1 aromatic rings. The number of aliphatic carboxylic acids is 3. The largest absolute Gasteiger partial charge is 0.481 e. The number of hydrogen-bond acceptors (Lipinski definition) is 12. The second kappa shape index (κ2) is 21.2. The summed E-state index contributed by atoms with van der Waals surface area (Å²) in [6, 6.07) is -8.41. The average Bonchev–Trinajstić information content (AvgIpc) is 3.78. The summed E-state index contributed by atoms with van der Waals surface area (Å²) < 4.78 is 0. The number of aliphatic hydroxyl groups excluding tert-OH is 1. The Labute approximate surface area is 309 Å². The van der Waals surface area contributed by atoms with Gasteiger partial charge < -0.3 is 62.6 Å². The molecular formula is C32H49N9O13. The predicted molar refractivity (Wildman–Crippen MR) is 184 cm³/mol. The maximum atomic E-state index is 13.6. The number of aliphatic hydroxyl groups is 1. The zero-order valence-corrected chi connectivity index (χ0v) is 30.1.